The number of piperidine rings is 1. The summed E-state index contributed by atoms with van der Waals surface area (Å²) in [7, 11) is 0. The molecule has 3 rings (SSSR count). The number of phenols is 1. The summed E-state index contributed by atoms with van der Waals surface area (Å²) in [5.41, 5.74) is 4.51. The molecule has 0 aliphatic carbocycles. The quantitative estimate of drug-likeness (QED) is 0.516. The Balaban J connectivity index is 1.44. The normalized spacial score (nSPS) is 20.2. The van der Waals surface area contributed by atoms with Gasteiger partial charge in [0.2, 0.25) is 5.91 Å². The minimum Gasteiger partial charge on any atom is -0.507 e. The molecule has 0 saturated carbocycles. The van der Waals surface area contributed by atoms with Crippen LogP contribution in [0.15, 0.2) is 58.1 Å². The Kier molecular flexibility index (Phi) is 6.41. The van der Waals surface area contributed by atoms with E-state index in [1.54, 1.807) is 18.2 Å². The van der Waals surface area contributed by atoms with E-state index in [0.29, 0.717) is 5.56 Å². The van der Waals surface area contributed by atoms with E-state index in [1.165, 1.54) is 16.7 Å². The van der Waals surface area contributed by atoms with Gasteiger partial charge in [-0.1, -0.05) is 40.2 Å². The van der Waals surface area contributed by atoms with Gasteiger partial charge in [0, 0.05) is 28.4 Å². The molecule has 2 aromatic rings. The van der Waals surface area contributed by atoms with Gasteiger partial charge in [0.15, 0.2) is 0 Å². The second-order valence-corrected chi connectivity index (χ2v) is 7.54. The topological polar surface area (TPSA) is 66.1 Å². The molecule has 2 aromatic carbocycles. The zero-order valence-corrected chi connectivity index (χ0v) is 16.1. The van der Waals surface area contributed by atoms with Crippen LogP contribution < -0.4 is 10.3 Å². The minimum atomic E-state index is -0.0423. The van der Waals surface area contributed by atoms with Crippen molar-refractivity contribution in [1.29, 1.82) is 0 Å². The number of likely N-dealkylation sites (tertiary alicyclic amines) is 1. The molecule has 0 radical (unpaired) electrons. The van der Waals surface area contributed by atoms with Crippen molar-refractivity contribution in [2.24, 2.45) is 11.0 Å². The van der Waals surface area contributed by atoms with Gasteiger partial charge in [-0.05, 0) is 24.3 Å². The lowest BCUT2D eigenvalue weighted by molar-refractivity contribution is -0.919. The lowest BCUT2D eigenvalue weighted by Gasteiger charge is -2.28. The summed E-state index contributed by atoms with van der Waals surface area (Å²) in [6.07, 6.45) is 3.20. The standard InChI is InChI=1S/C20H22BrN3O2/c21-18-7-5-15(6-8-18)14-24-11-9-16(10-12-24)20(26)23-22-13-17-3-1-2-4-19(17)25/h1-8,13,16,25H,9-12,14H2,(H,23,26)/p+1/b22-13+. The lowest BCUT2D eigenvalue weighted by Crippen LogP contribution is -3.11. The number of carbonyl (C=O) groups excluding carboxylic acids is 1. The van der Waals surface area contributed by atoms with Gasteiger partial charge in [-0.15, -0.1) is 0 Å². The highest BCUT2D eigenvalue weighted by molar-refractivity contribution is 9.10. The molecular weight excluding hydrogens is 394 g/mol. The molecule has 26 heavy (non-hydrogen) atoms. The third-order valence-electron chi connectivity index (χ3n) is 4.75. The molecule has 136 valence electrons. The number of hydrogen-bond acceptors (Lipinski definition) is 3. The molecule has 6 heteroatoms. The zero-order valence-electron chi connectivity index (χ0n) is 14.5. The van der Waals surface area contributed by atoms with E-state index in [1.807, 2.05) is 6.07 Å². The number of aromatic hydroxyl groups is 1. The van der Waals surface area contributed by atoms with Gasteiger partial charge in [-0.2, -0.15) is 5.10 Å². The highest BCUT2D eigenvalue weighted by Gasteiger charge is 2.27. The number of nitrogens with one attached hydrogen (secondary N) is 2. The Hall–Kier alpha value is -2.18. The fraction of sp³-hybridized carbons (Fsp3) is 0.300. The largest absolute Gasteiger partial charge is 0.507 e. The molecule has 1 fully saturated rings. The Bertz CT molecular complexity index is 769. The zero-order chi connectivity index (χ0) is 18.4. The van der Waals surface area contributed by atoms with Crippen LogP contribution in [0.3, 0.4) is 0 Å². The maximum atomic E-state index is 12.3. The number of carbonyl (C=O) groups is 1. The number of quaternary nitrogens is 1. The number of phenolic OH excluding ortho intramolecular Hbond substituents is 1. The second-order valence-electron chi connectivity index (χ2n) is 6.62. The molecule has 1 amide bonds. The van der Waals surface area contributed by atoms with E-state index in [9.17, 15) is 9.90 Å². The summed E-state index contributed by atoms with van der Waals surface area (Å²) in [5.74, 6) is 0.111. The molecule has 1 saturated heterocycles. The monoisotopic (exact) mass is 416 g/mol. The van der Waals surface area contributed by atoms with Gasteiger partial charge in [0.05, 0.1) is 25.2 Å². The van der Waals surface area contributed by atoms with Crippen molar-refractivity contribution in [3.05, 3.63) is 64.1 Å². The Morgan fingerprint density at radius 3 is 2.58 bits per heavy atom. The van der Waals surface area contributed by atoms with Gasteiger partial charge >= 0.3 is 0 Å². The SMILES string of the molecule is O=C(N/N=C/c1ccccc1O)C1CC[NH+](Cc2ccc(Br)cc2)CC1. The van der Waals surface area contributed by atoms with Gasteiger partial charge in [-0.25, -0.2) is 5.43 Å². The van der Waals surface area contributed by atoms with E-state index < -0.39 is 0 Å². The van der Waals surface area contributed by atoms with Crippen LogP contribution in [0.1, 0.15) is 24.0 Å². The number of hydrogen-bond donors (Lipinski definition) is 3. The van der Waals surface area contributed by atoms with E-state index in [2.05, 4.69) is 50.7 Å². The van der Waals surface area contributed by atoms with Crippen molar-refractivity contribution < 1.29 is 14.8 Å². The molecule has 5 nitrogen and oxygen atoms in total. The number of halogens is 1. The number of rotatable bonds is 5. The highest BCUT2D eigenvalue weighted by atomic mass is 79.9. The number of hydrazone groups is 1. The van der Waals surface area contributed by atoms with E-state index in [4.69, 9.17) is 0 Å². The van der Waals surface area contributed by atoms with Crippen LogP contribution in [0.2, 0.25) is 0 Å². The van der Waals surface area contributed by atoms with Gasteiger partial charge in [-0.3, -0.25) is 4.79 Å². The first-order valence-corrected chi connectivity index (χ1v) is 9.60. The van der Waals surface area contributed by atoms with Gasteiger partial charge in [0.25, 0.3) is 0 Å². The number of amides is 1. The second kappa shape index (κ2) is 8.96. The molecule has 0 bridgehead atoms. The summed E-state index contributed by atoms with van der Waals surface area (Å²) in [4.78, 5) is 13.8. The number of benzene rings is 2. The minimum absolute atomic E-state index is 0.00480. The molecule has 0 unspecified atom stereocenters. The predicted octanol–water partition coefficient (Wildman–Crippen LogP) is 2.10. The summed E-state index contributed by atoms with van der Waals surface area (Å²) in [6.45, 7) is 2.96. The summed E-state index contributed by atoms with van der Waals surface area (Å²) in [6, 6.07) is 15.3. The molecule has 1 aliphatic heterocycles. The fourth-order valence-corrected chi connectivity index (χ4v) is 3.47. The van der Waals surface area contributed by atoms with Crippen LogP contribution in [-0.4, -0.2) is 30.3 Å². The molecule has 0 spiro atoms. The fourth-order valence-electron chi connectivity index (χ4n) is 3.21. The molecule has 0 aromatic heterocycles. The lowest BCUT2D eigenvalue weighted by atomic mass is 9.96. The molecule has 1 heterocycles. The van der Waals surface area contributed by atoms with Crippen LogP contribution in [0, 0.1) is 5.92 Å². The molecular formula is C20H23BrN3O2+. The van der Waals surface area contributed by atoms with E-state index in [0.717, 1.165) is 36.9 Å². The van der Waals surface area contributed by atoms with Crippen molar-refractivity contribution in [3.8, 4) is 5.75 Å². The molecule has 3 N–H and O–H groups in total. The maximum Gasteiger partial charge on any atom is 0.243 e. The predicted molar refractivity (Wildman–Crippen MR) is 105 cm³/mol. The summed E-state index contributed by atoms with van der Waals surface area (Å²) >= 11 is 3.46. The Morgan fingerprint density at radius 2 is 1.88 bits per heavy atom. The first-order chi connectivity index (χ1) is 12.6. The van der Waals surface area contributed by atoms with E-state index in [-0.39, 0.29) is 17.6 Å². The van der Waals surface area contributed by atoms with Crippen molar-refractivity contribution in [2.45, 2.75) is 19.4 Å². The maximum absolute atomic E-state index is 12.3. The van der Waals surface area contributed by atoms with Crippen LogP contribution in [0.5, 0.6) is 5.75 Å². The molecule has 0 atom stereocenters. The van der Waals surface area contributed by atoms with Crippen molar-refractivity contribution >= 4 is 28.1 Å². The van der Waals surface area contributed by atoms with Crippen molar-refractivity contribution in [3.63, 3.8) is 0 Å². The average Bonchev–Trinajstić information content (AvgIpc) is 2.66. The summed E-state index contributed by atoms with van der Waals surface area (Å²) < 4.78 is 1.09. The van der Waals surface area contributed by atoms with Crippen molar-refractivity contribution in [1.82, 2.24) is 5.43 Å². The van der Waals surface area contributed by atoms with Gasteiger partial charge in [0.1, 0.15) is 12.3 Å². The van der Waals surface area contributed by atoms with Crippen LogP contribution in [0.4, 0.5) is 0 Å². The third-order valence-corrected chi connectivity index (χ3v) is 5.27. The average molecular weight is 417 g/mol. The van der Waals surface area contributed by atoms with E-state index >= 15 is 0 Å². The Morgan fingerprint density at radius 1 is 1.19 bits per heavy atom. The first-order valence-electron chi connectivity index (χ1n) is 8.81. The van der Waals surface area contributed by atoms with Crippen molar-refractivity contribution in [2.75, 3.05) is 13.1 Å². The summed E-state index contributed by atoms with van der Waals surface area (Å²) in [5, 5.41) is 13.7. The number of nitrogens with zero attached hydrogens (tertiary/aromatic N) is 1. The smallest absolute Gasteiger partial charge is 0.243 e. The Labute approximate surface area is 161 Å². The molecule has 1 aliphatic rings. The van der Waals surface area contributed by atoms with Crippen LogP contribution >= 0.6 is 15.9 Å². The van der Waals surface area contributed by atoms with Gasteiger partial charge < -0.3 is 10.0 Å². The highest BCUT2D eigenvalue weighted by Crippen LogP contribution is 2.14. The van der Waals surface area contributed by atoms with Crippen LogP contribution in [0.25, 0.3) is 0 Å². The third kappa shape index (κ3) is 5.16. The first kappa shape index (κ1) is 18.6. The van der Waals surface area contributed by atoms with Crippen LogP contribution in [-0.2, 0) is 11.3 Å². The number of para-hydroxylation sites is 1.